The zero-order valence-corrected chi connectivity index (χ0v) is 9.97. The number of hydrogen-bond donors (Lipinski definition) is 5. The molecule has 0 saturated heterocycles. The van der Waals surface area contributed by atoms with E-state index in [1.54, 1.807) is 0 Å². The zero-order valence-electron chi connectivity index (χ0n) is 7.53. The average molecular weight is 324 g/mol. The molecule has 0 aliphatic rings. The molecule has 0 amide bonds. The molecular weight excluding hydrogens is 316 g/mol. The Labute approximate surface area is 95.6 Å². The van der Waals surface area contributed by atoms with Gasteiger partial charge in [0.2, 0.25) is 0 Å². The van der Waals surface area contributed by atoms with E-state index in [1.165, 1.54) is 0 Å². The fraction of sp³-hybridized carbons (Fsp3) is 0. The van der Waals surface area contributed by atoms with Crippen molar-refractivity contribution < 1.29 is 51.9 Å². The maximum atomic E-state index is 9.51. The van der Waals surface area contributed by atoms with Gasteiger partial charge in [-0.05, 0) is 0 Å². The van der Waals surface area contributed by atoms with Crippen molar-refractivity contribution in [2.45, 2.75) is 0 Å². The van der Waals surface area contributed by atoms with E-state index in [0.717, 1.165) is 0 Å². The van der Waals surface area contributed by atoms with Crippen LogP contribution in [0.5, 0.6) is 0 Å². The summed E-state index contributed by atoms with van der Waals surface area (Å²) in [6.45, 7) is 0. The zero-order chi connectivity index (χ0) is 13.6. The molecule has 0 bridgehead atoms. The summed E-state index contributed by atoms with van der Waals surface area (Å²) in [6.07, 6.45) is 0. The minimum absolute atomic E-state index is 0. The highest BCUT2D eigenvalue weighted by Crippen LogP contribution is 1.92. The lowest BCUT2D eigenvalue weighted by atomic mass is 13.6. The van der Waals surface area contributed by atoms with Crippen LogP contribution in [0, 0.1) is 0 Å². The Morgan fingerprint density at radius 1 is 0.706 bits per heavy atom. The lowest BCUT2D eigenvalue weighted by Crippen LogP contribution is -2.10. The van der Waals surface area contributed by atoms with Crippen molar-refractivity contribution in [3.05, 3.63) is 0 Å². The van der Waals surface area contributed by atoms with Gasteiger partial charge in [0, 0.05) is 0 Å². The monoisotopic (exact) mass is 324 g/mol. The Morgan fingerprint density at radius 3 is 0.941 bits per heavy atom. The maximum absolute atomic E-state index is 9.51. The summed E-state index contributed by atoms with van der Waals surface area (Å²) in [5.41, 5.74) is 0. The molecule has 0 aliphatic carbocycles. The van der Waals surface area contributed by atoms with E-state index in [2.05, 4.69) is 18.8 Å². The summed E-state index contributed by atoms with van der Waals surface area (Å²) in [4.78, 5) is 0. The van der Waals surface area contributed by atoms with Gasteiger partial charge in [-0.3, -0.25) is 13.7 Å². The van der Waals surface area contributed by atoms with Gasteiger partial charge >= 0.3 is 31.2 Å². The summed E-state index contributed by atoms with van der Waals surface area (Å²) in [5, 5.41) is 0. The summed E-state index contributed by atoms with van der Waals surface area (Å²) < 4.78 is 87.7. The van der Waals surface area contributed by atoms with Crippen molar-refractivity contribution in [3.63, 3.8) is 0 Å². The Morgan fingerprint density at radius 2 is 0.882 bits per heavy atom. The van der Waals surface area contributed by atoms with Gasteiger partial charge in [0.05, 0.1) is 0 Å². The van der Waals surface area contributed by atoms with Crippen molar-refractivity contribution in [1.29, 1.82) is 0 Å². The third-order valence-corrected chi connectivity index (χ3v) is 1.13. The van der Waals surface area contributed by atoms with Gasteiger partial charge in [-0.15, -0.1) is 0 Å². The number of rotatable bonds is 4. The summed E-state index contributed by atoms with van der Waals surface area (Å²) in [6, 6.07) is 0. The molecule has 17 heavy (non-hydrogen) atoms. The van der Waals surface area contributed by atoms with Gasteiger partial charge in [-0.1, -0.05) is 8.67 Å². The van der Waals surface area contributed by atoms with Crippen molar-refractivity contribution >= 4 is 31.2 Å². The largest absolute Gasteiger partial charge is 0.425 e. The van der Waals surface area contributed by atoms with Crippen molar-refractivity contribution in [2.24, 2.45) is 5.90 Å². The molecule has 0 rings (SSSR count). The van der Waals surface area contributed by atoms with Crippen LogP contribution < -0.4 is 12.0 Å². The molecule has 0 heterocycles. The second-order valence-electron chi connectivity index (χ2n) is 1.52. The van der Waals surface area contributed by atoms with Gasteiger partial charge in [-0.2, -0.15) is 35.4 Å². The van der Waals surface area contributed by atoms with E-state index >= 15 is 0 Å². The van der Waals surface area contributed by atoms with Crippen LogP contribution in [0.2, 0.25) is 0 Å². The second-order valence-corrected chi connectivity index (χ2v) is 4.55. The van der Waals surface area contributed by atoms with E-state index in [1.807, 2.05) is 0 Å². The first-order valence-corrected chi connectivity index (χ1v) is 6.55. The van der Waals surface area contributed by atoms with E-state index < -0.39 is 31.2 Å². The second kappa shape index (κ2) is 7.78. The molecule has 0 aromatic rings. The van der Waals surface area contributed by atoms with Gasteiger partial charge in [0.25, 0.3) is 0 Å². The summed E-state index contributed by atoms with van der Waals surface area (Å²) in [7, 11) is -14.4. The summed E-state index contributed by atoms with van der Waals surface area (Å²) >= 11 is 0. The first kappa shape index (κ1) is 21.8. The fourth-order valence-corrected chi connectivity index (χ4v) is 0.632. The van der Waals surface area contributed by atoms with Crippen molar-refractivity contribution in [1.82, 2.24) is 6.15 Å². The fourth-order valence-electron chi connectivity index (χ4n) is 0.0702. The lowest BCUT2D eigenvalue weighted by molar-refractivity contribution is -0.105. The quantitative estimate of drug-likeness (QED) is 0.201. The van der Waals surface area contributed by atoms with Gasteiger partial charge in [-0.25, -0.2) is 0 Å². The maximum Gasteiger partial charge on any atom is 0.425 e. The molecule has 14 nitrogen and oxygen atoms in total. The molecule has 0 radical (unpaired) electrons. The van der Waals surface area contributed by atoms with Crippen LogP contribution in [0.15, 0.2) is 0 Å². The predicted molar refractivity (Wildman–Crippen MR) is 47.1 cm³/mol. The molecule has 0 aromatic carbocycles. The molecule has 0 atom stereocenters. The SMILES string of the molecule is N.NOS(=O)(=O)O.O=S(=O)(O)OOS(=O)(=O)O. The Balaban J connectivity index is -0.000000244. The number of hydrogen-bond acceptors (Lipinski definition) is 11. The molecular formula is H8N2O12S3. The molecule has 108 valence electrons. The smallest absolute Gasteiger partial charge is 0.344 e. The van der Waals surface area contributed by atoms with E-state index in [0.29, 0.717) is 0 Å². The molecule has 0 aromatic heterocycles. The van der Waals surface area contributed by atoms with Crippen LogP contribution in [0.25, 0.3) is 0 Å². The number of nitrogens with two attached hydrogens (primary N) is 1. The first-order chi connectivity index (χ1) is 6.77. The highest BCUT2D eigenvalue weighted by atomic mass is 32.3. The predicted octanol–water partition coefficient (Wildman–Crippen LogP) is -2.62. The van der Waals surface area contributed by atoms with E-state index in [4.69, 9.17) is 13.7 Å². The minimum atomic E-state index is -5.02. The van der Waals surface area contributed by atoms with Crippen LogP contribution in [-0.2, 0) is 44.1 Å². The highest BCUT2D eigenvalue weighted by Gasteiger charge is 2.13. The standard InChI is InChI=1S/H3NO4S.H3N.H2O8S2/c1-5-6(2,3)4;;1-9(2,3)7-8-10(4,5)6/h1H2,(H,2,3,4);1H3;(H,1,2,3)(H,4,5,6). The molecule has 0 spiro atoms. The highest BCUT2D eigenvalue weighted by molar-refractivity contribution is 7.83. The molecule has 0 aliphatic heterocycles. The molecule has 8 N–H and O–H groups in total. The van der Waals surface area contributed by atoms with Crippen LogP contribution in [-0.4, -0.2) is 38.9 Å². The van der Waals surface area contributed by atoms with Gasteiger partial charge < -0.3 is 6.15 Å². The Kier molecular flexibility index (Phi) is 9.97. The minimum Gasteiger partial charge on any atom is -0.344 e. The van der Waals surface area contributed by atoms with Crippen molar-refractivity contribution in [3.8, 4) is 0 Å². The molecule has 0 unspecified atom stereocenters. The van der Waals surface area contributed by atoms with Crippen molar-refractivity contribution in [2.75, 3.05) is 0 Å². The third kappa shape index (κ3) is 31.3. The van der Waals surface area contributed by atoms with E-state index in [9.17, 15) is 25.3 Å². The third-order valence-electron chi connectivity index (χ3n) is 0.321. The van der Waals surface area contributed by atoms with E-state index in [-0.39, 0.29) is 6.15 Å². The van der Waals surface area contributed by atoms with Gasteiger partial charge in [0.15, 0.2) is 0 Å². The van der Waals surface area contributed by atoms with Crippen LogP contribution in [0.4, 0.5) is 0 Å². The molecule has 0 saturated carbocycles. The topological polar surface area (TPSA) is 252 Å². The van der Waals surface area contributed by atoms with Crippen LogP contribution >= 0.6 is 0 Å². The first-order valence-electron chi connectivity index (χ1n) is 2.45. The lowest BCUT2D eigenvalue weighted by Gasteiger charge is -1.92. The summed E-state index contributed by atoms with van der Waals surface area (Å²) in [5.74, 6) is 3.97. The van der Waals surface area contributed by atoms with Crippen LogP contribution in [0.1, 0.15) is 0 Å². The Bertz CT molecular complexity index is 446. The normalized spacial score (nSPS) is 12.0. The Hall–Kier alpha value is -0.470. The van der Waals surface area contributed by atoms with Crippen LogP contribution in [0.3, 0.4) is 0 Å². The molecule has 0 fully saturated rings. The average Bonchev–Trinajstić information content (AvgIpc) is 1.98. The van der Waals surface area contributed by atoms with Gasteiger partial charge in [0.1, 0.15) is 0 Å². The molecule has 17 heteroatoms.